The summed E-state index contributed by atoms with van der Waals surface area (Å²) in [6.45, 7) is 1.69. The van der Waals surface area contributed by atoms with Crippen molar-refractivity contribution in [2.24, 2.45) is 0 Å². The molecule has 0 aliphatic rings. The van der Waals surface area contributed by atoms with E-state index in [-0.39, 0.29) is 5.75 Å². The Balaban J connectivity index is -0.000000140. The van der Waals surface area contributed by atoms with Gasteiger partial charge in [0.05, 0.1) is 5.75 Å². The van der Waals surface area contributed by atoms with Gasteiger partial charge in [0.15, 0.2) is 0 Å². The highest BCUT2D eigenvalue weighted by Crippen LogP contribution is 1.83. The Bertz CT molecular complexity index is 247. The zero-order chi connectivity index (χ0) is 11.3. The molecule has 0 aliphatic heterocycles. The van der Waals surface area contributed by atoms with Gasteiger partial charge in [-0.25, -0.2) is 20.4 Å². The highest BCUT2D eigenvalue weighted by molar-refractivity contribution is 7.85. The normalized spacial score (nSPS) is 7.54. The number of hydrogen-bond donors (Lipinski definition) is 3. The van der Waals surface area contributed by atoms with E-state index in [1.54, 1.807) is 6.92 Å². The number of carbonyl (C=O) groups excluding carboxylic acids is 2. The maximum atomic E-state index is 9.79. The zero-order valence-electron chi connectivity index (χ0n) is 6.90. The van der Waals surface area contributed by atoms with Crippen LogP contribution in [-0.2, 0) is 19.7 Å². The summed E-state index contributed by atoms with van der Waals surface area (Å²) in [5.41, 5.74) is 0. The molecule has 0 aromatic rings. The first-order chi connectivity index (χ1) is 5.89. The van der Waals surface area contributed by atoms with E-state index >= 15 is 0 Å². The first kappa shape index (κ1) is 17.7. The van der Waals surface area contributed by atoms with Crippen LogP contribution in [0.2, 0.25) is 0 Å². The molecule has 0 aromatic carbocycles. The predicted octanol–water partition coefficient (Wildman–Crippen LogP) is 0.0861. The lowest BCUT2D eigenvalue weighted by molar-refractivity contribution is 0.482. The molecule has 0 unspecified atom stereocenters. The first-order valence-electron chi connectivity index (χ1n) is 2.92. The summed E-state index contributed by atoms with van der Waals surface area (Å²) in [5.74, 6) is -0.132. The molecule has 76 valence electrons. The fourth-order valence-corrected chi connectivity index (χ4v) is 0.774. The van der Waals surface area contributed by atoms with E-state index in [1.807, 2.05) is 0 Å². The Morgan fingerprint density at radius 3 is 1.46 bits per heavy atom. The lowest BCUT2D eigenvalue weighted by Crippen LogP contribution is -2.01. The van der Waals surface area contributed by atoms with Crippen LogP contribution in [0.5, 0.6) is 0 Å². The number of isocyanates is 2. The van der Waals surface area contributed by atoms with Crippen LogP contribution in [0.3, 0.4) is 0 Å². The minimum atomic E-state index is -3.67. The average molecular weight is 210 g/mol. The van der Waals surface area contributed by atoms with Crippen molar-refractivity contribution >= 4 is 22.3 Å². The molecule has 0 fully saturated rings. The van der Waals surface area contributed by atoms with Crippen molar-refractivity contribution in [3.8, 4) is 0 Å². The third-order valence-corrected chi connectivity index (χ3v) is 1.39. The summed E-state index contributed by atoms with van der Waals surface area (Å²) >= 11 is 0. The largest absolute Gasteiger partial charge is 0.286 e. The van der Waals surface area contributed by atoms with E-state index in [1.165, 1.54) is 0 Å². The van der Waals surface area contributed by atoms with Gasteiger partial charge in [0.25, 0.3) is 10.1 Å². The number of rotatable bonds is 2. The van der Waals surface area contributed by atoms with Crippen LogP contribution in [0, 0.1) is 10.8 Å². The fraction of sp³-hybridized carbons (Fsp3) is 0.600. The molecule has 0 radical (unpaired) electrons. The van der Waals surface area contributed by atoms with Crippen molar-refractivity contribution in [3.05, 3.63) is 0 Å². The van der Waals surface area contributed by atoms with Crippen LogP contribution in [0.15, 0.2) is 0 Å². The molecule has 13 heavy (non-hydrogen) atoms. The van der Waals surface area contributed by atoms with Crippen molar-refractivity contribution < 1.29 is 22.6 Å². The summed E-state index contributed by atoms with van der Waals surface area (Å²) < 4.78 is 27.6. The maximum absolute atomic E-state index is 9.79. The summed E-state index contributed by atoms with van der Waals surface area (Å²) in [6.07, 6.45) is 1.97. The summed E-state index contributed by atoms with van der Waals surface area (Å²) in [6, 6.07) is 0. The van der Waals surface area contributed by atoms with E-state index < -0.39 is 10.1 Å². The van der Waals surface area contributed by atoms with Crippen LogP contribution in [0.1, 0.15) is 13.3 Å². The molecule has 8 heteroatoms. The molecule has 3 N–H and O–H groups in total. The first-order valence-corrected chi connectivity index (χ1v) is 4.53. The Morgan fingerprint density at radius 2 is 1.46 bits per heavy atom. The van der Waals surface area contributed by atoms with E-state index in [0.29, 0.717) is 6.42 Å². The van der Waals surface area contributed by atoms with E-state index in [2.05, 4.69) is 0 Å². The van der Waals surface area contributed by atoms with Crippen molar-refractivity contribution in [2.45, 2.75) is 13.3 Å². The summed E-state index contributed by atoms with van der Waals surface area (Å²) in [7, 11) is -3.67. The van der Waals surface area contributed by atoms with Crippen LogP contribution in [0.4, 0.5) is 0 Å². The van der Waals surface area contributed by atoms with Crippen LogP contribution in [-0.4, -0.2) is 30.9 Å². The SMILES string of the molecule is CCCS(=O)(=O)O.N=C=O.N=C=O. The molecule has 0 heterocycles. The van der Waals surface area contributed by atoms with Gasteiger partial charge in [-0.3, -0.25) is 4.55 Å². The minimum Gasteiger partial charge on any atom is -0.286 e. The lowest BCUT2D eigenvalue weighted by Gasteiger charge is -1.85. The Labute approximate surface area is 75.5 Å². The molecule has 0 spiro atoms. The molecule has 0 rings (SSSR count). The molecular formula is C5H10N2O5S. The third kappa shape index (κ3) is 113. The van der Waals surface area contributed by atoms with Gasteiger partial charge < -0.3 is 0 Å². The molecule has 0 aromatic heterocycles. The Morgan fingerprint density at radius 1 is 1.23 bits per heavy atom. The molecule has 7 nitrogen and oxygen atoms in total. The molecule has 0 atom stereocenters. The summed E-state index contributed by atoms with van der Waals surface area (Å²) in [5, 5.41) is 10.8. The predicted molar refractivity (Wildman–Crippen MR) is 43.5 cm³/mol. The van der Waals surface area contributed by atoms with Gasteiger partial charge >= 0.3 is 0 Å². The standard InChI is InChI=1S/C3H8O3S.2CHNO/c1-2-3-7(4,5)6;2*2-1-3/h2-3H2,1H3,(H,4,5,6);2*2H. The molecule has 0 saturated carbocycles. The minimum absolute atomic E-state index is 0.132. The number of nitrogens with one attached hydrogen (secondary N) is 2. The van der Waals surface area contributed by atoms with Gasteiger partial charge in [-0.15, -0.1) is 0 Å². The zero-order valence-corrected chi connectivity index (χ0v) is 7.72. The van der Waals surface area contributed by atoms with Crippen LogP contribution in [0.25, 0.3) is 0 Å². The van der Waals surface area contributed by atoms with Crippen LogP contribution < -0.4 is 0 Å². The fourth-order valence-electron chi connectivity index (χ4n) is 0.258. The summed E-state index contributed by atoms with van der Waals surface area (Å²) in [4.78, 5) is 16.7. The van der Waals surface area contributed by atoms with Gasteiger partial charge in [-0.1, -0.05) is 6.92 Å². The van der Waals surface area contributed by atoms with Gasteiger partial charge in [0.2, 0.25) is 12.2 Å². The van der Waals surface area contributed by atoms with Crippen molar-refractivity contribution in [1.82, 2.24) is 0 Å². The van der Waals surface area contributed by atoms with E-state index in [0.717, 1.165) is 12.2 Å². The molecule has 0 amide bonds. The number of hydrogen-bond acceptors (Lipinski definition) is 6. The second kappa shape index (κ2) is 13.3. The third-order valence-electron chi connectivity index (χ3n) is 0.462. The molecule has 0 aliphatic carbocycles. The topological polar surface area (TPSA) is 136 Å². The molecule has 0 saturated heterocycles. The Kier molecular flexibility index (Phi) is 18.0. The van der Waals surface area contributed by atoms with Crippen molar-refractivity contribution in [3.63, 3.8) is 0 Å². The highest BCUT2D eigenvalue weighted by atomic mass is 32.2. The highest BCUT2D eigenvalue weighted by Gasteiger charge is 1.98. The second-order valence-electron chi connectivity index (χ2n) is 1.49. The average Bonchev–Trinajstić information content (AvgIpc) is 1.87. The molecular weight excluding hydrogens is 200 g/mol. The van der Waals surface area contributed by atoms with E-state index in [4.69, 9.17) is 25.0 Å². The van der Waals surface area contributed by atoms with Gasteiger partial charge in [-0.05, 0) is 6.42 Å². The second-order valence-corrected chi connectivity index (χ2v) is 3.06. The lowest BCUT2D eigenvalue weighted by atomic mass is 10.6. The quantitative estimate of drug-likeness (QED) is 0.337. The maximum Gasteiger partial charge on any atom is 0.264 e. The van der Waals surface area contributed by atoms with Gasteiger partial charge in [0, 0.05) is 0 Å². The van der Waals surface area contributed by atoms with Gasteiger partial charge in [-0.2, -0.15) is 8.42 Å². The van der Waals surface area contributed by atoms with Crippen molar-refractivity contribution in [1.29, 1.82) is 10.8 Å². The monoisotopic (exact) mass is 210 g/mol. The van der Waals surface area contributed by atoms with E-state index in [9.17, 15) is 8.42 Å². The smallest absolute Gasteiger partial charge is 0.264 e. The van der Waals surface area contributed by atoms with Crippen molar-refractivity contribution in [2.75, 3.05) is 5.75 Å². The Hall–Kier alpha value is -1.33. The van der Waals surface area contributed by atoms with Crippen LogP contribution >= 0.6 is 0 Å². The van der Waals surface area contributed by atoms with Gasteiger partial charge in [0.1, 0.15) is 0 Å². The molecule has 0 bridgehead atoms.